The predicted octanol–water partition coefficient (Wildman–Crippen LogP) is 7.46. The number of rotatable bonds is 8. The molecule has 0 atom stereocenters. The molecule has 1 fully saturated rings. The molecule has 0 aliphatic carbocycles. The number of likely N-dealkylation sites (tertiary alicyclic amines) is 1. The molecule has 0 amide bonds. The van der Waals surface area contributed by atoms with E-state index < -0.39 is 47.7 Å². The Morgan fingerprint density at radius 1 is 1.00 bits per heavy atom. The number of aldehydes is 1. The van der Waals surface area contributed by atoms with Gasteiger partial charge in [0.05, 0.1) is 29.7 Å². The van der Waals surface area contributed by atoms with Gasteiger partial charge < -0.3 is 0 Å². The highest BCUT2D eigenvalue weighted by Gasteiger charge is 2.39. The molecule has 15 heteroatoms. The van der Waals surface area contributed by atoms with Gasteiger partial charge in [0.15, 0.2) is 17.8 Å². The van der Waals surface area contributed by atoms with Crippen LogP contribution < -0.4 is 0 Å². The van der Waals surface area contributed by atoms with Crippen molar-refractivity contribution in [1.82, 2.24) is 19.7 Å². The maximum atomic E-state index is 13.8. The first kappa shape index (κ1) is 33.6. The summed E-state index contributed by atoms with van der Waals surface area (Å²) in [7, 11) is 1.32. The van der Waals surface area contributed by atoms with Crippen LogP contribution in [0.4, 0.5) is 39.5 Å². The number of nitrogens with zero attached hydrogens (tertiary/aromatic N) is 5. The van der Waals surface area contributed by atoms with Crippen molar-refractivity contribution in [3.05, 3.63) is 95.0 Å². The highest BCUT2D eigenvalue weighted by atomic mass is 19.4. The van der Waals surface area contributed by atoms with Crippen LogP contribution in [0.15, 0.2) is 71.9 Å². The molecule has 0 radical (unpaired) electrons. The number of hydrogen-bond donors (Lipinski definition) is 0. The number of carbonyl (C=O) groups excluding carboxylic acids is 1. The maximum Gasteiger partial charge on any atom is 0.434 e. The van der Waals surface area contributed by atoms with E-state index in [-0.39, 0.29) is 42.3 Å². The van der Waals surface area contributed by atoms with Crippen LogP contribution in [-0.4, -0.2) is 70.7 Å². The lowest BCUT2D eigenvalue weighted by molar-refractivity contribution is -0.148. The molecule has 4 rings (SSSR count). The summed E-state index contributed by atoms with van der Waals surface area (Å²) in [4.78, 5) is 20.9. The number of aliphatic imine (C=N–C) groups is 1. The Labute approximate surface area is 251 Å². The Morgan fingerprint density at radius 2 is 1.64 bits per heavy atom. The lowest BCUT2D eigenvalue weighted by Crippen LogP contribution is -2.39. The zero-order chi connectivity index (χ0) is 33.2. The molecule has 1 aliphatic rings. The average Bonchev–Trinajstić information content (AvgIpc) is 3.42. The van der Waals surface area contributed by atoms with E-state index >= 15 is 0 Å². The first-order chi connectivity index (χ1) is 21.0. The molecule has 1 aliphatic heterocycles. The van der Waals surface area contributed by atoms with E-state index in [0.29, 0.717) is 35.4 Å². The molecule has 45 heavy (non-hydrogen) atoms. The molecular formula is C30H26F9N5O. The third kappa shape index (κ3) is 8.07. The summed E-state index contributed by atoms with van der Waals surface area (Å²) in [6.45, 7) is 2.60. The van der Waals surface area contributed by atoms with E-state index in [1.54, 1.807) is 24.3 Å². The number of hydrogen-bond acceptors (Lipinski definition) is 5. The summed E-state index contributed by atoms with van der Waals surface area (Å²) < 4.78 is 121. The van der Waals surface area contributed by atoms with Gasteiger partial charge >= 0.3 is 18.5 Å². The summed E-state index contributed by atoms with van der Waals surface area (Å²) in [5.74, 6) is -0.448. The van der Waals surface area contributed by atoms with E-state index in [1.807, 2.05) is 0 Å². The SMILES string of the molecule is C=C(/C=C(\C(=N/C)c1ccc(C2CCN(CC(F)(F)F)CC2)cc1)c1cccc(-n2ncc(C=O)c2C(F)(F)F)n1)C(F)(F)F. The minimum atomic E-state index is -5.00. The lowest BCUT2D eigenvalue weighted by Gasteiger charge is -2.32. The number of carbonyl (C=O) groups is 1. The lowest BCUT2D eigenvalue weighted by atomic mass is 9.88. The smallest absolute Gasteiger partial charge is 0.298 e. The van der Waals surface area contributed by atoms with Crippen molar-refractivity contribution in [1.29, 1.82) is 0 Å². The number of pyridine rings is 1. The molecule has 0 saturated carbocycles. The second kappa shape index (κ2) is 13.0. The van der Waals surface area contributed by atoms with E-state index in [4.69, 9.17) is 0 Å². The molecule has 1 aromatic carbocycles. The van der Waals surface area contributed by atoms with Crippen molar-refractivity contribution in [3.8, 4) is 5.82 Å². The van der Waals surface area contributed by atoms with Crippen LogP contribution in [0.2, 0.25) is 0 Å². The fraction of sp³-hybridized carbons (Fsp3) is 0.333. The van der Waals surface area contributed by atoms with Gasteiger partial charge in [-0.05, 0) is 55.6 Å². The van der Waals surface area contributed by atoms with Gasteiger partial charge in [0.1, 0.15) is 0 Å². The van der Waals surface area contributed by atoms with Gasteiger partial charge in [-0.1, -0.05) is 36.9 Å². The standard InChI is InChI=1S/C30H26F9N5O/c1-18(29(34,35)36)14-23(24-4-3-5-25(42-24)44-27(30(37,38)39)22(16-45)15-41-44)26(40-2)21-8-6-19(7-9-21)20-10-12-43(13-11-20)17-28(31,32)33/h3-9,14-16,20H,1,10-13,17H2,2H3/b23-14-,40-26-. The van der Waals surface area contributed by atoms with Crippen molar-refractivity contribution in [2.75, 3.05) is 26.7 Å². The van der Waals surface area contributed by atoms with Gasteiger partial charge in [-0.25, -0.2) is 9.67 Å². The number of alkyl halides is 9. The van der Waals surface area contributed by atoms with Gasteiger partial charge in [-0.15, -0.1) is 0 Å². The highest BCUT2D eigenvalue weighted by molar-refractivity contribution is 6.31. The summed E-state index contributed by atoms with van der Waals surface area (Å²) >= 11 is 0. The topological polar surface area (TPSA) is 63.4 Å². The summed E-state index contributed by atoms with van der Waals surface area (Å²) in [6.07, 6.45) is -11.8. The second-order valence-corrected chi connectivity index (χ2v) is 10.3. The number of benzene rings is 1. The van der Waals surface area contributed by atoms with Crippen molar-refractivity contribution in [2.24, 2.45) is 4.99 Å². The number of halogens is 9. The monoisotopic (exact) mass is 643 g/mol. The molecule has 6 nitrogen and oxygen atoms in total. The minimum Gasteiger partial charge on any atom is -0.298 e. The van der Waals surface area contributed by atoms with Crippen LogP contribution in [0.25, 0.3) is 11.4 Å². The molecular weight excluding hydrogens is 617 g/mol. The summed E-state index contributed by atoms with van der Waals surface area (Å²) in [5, 5.41) is 3.62. The Kier molecular flexibility index (Phi) is 9.71. The van der Waals surface area contributed by atoms with E-state index in [9.17, 15) is 44.3 Å². The largest absolute Gasteiger partial charge is 0.434 e. The fourth-order valence-electron chi connectivity index (χ4n) is 5.11. The molecule has 0 unspecified atom stereocenters. The first-order valence-electron chi connectivity index (χ1n) is 13.4. The molecule has 2 aromatic heterocycles. The molecule has 3 aromatic rings. The third-order valence-corrected chi connectivity index (χ3v) is 7.23. The predicted molar refractivity (Wildman–Crippen MR) is 148 cm³/mol. The highest BCUT2D eigenvalue weighted by Crippen LogP contribution is 2.35. The molecule has 240 valence electrons. The Bertz CT molecular complexity index is 1590. The van der Waals surface area contributed by atoms with Crippen molar-refractivity contribution >= 4 is 17.6 Å². The Morgan fingerprint density at radius 3 is 2.18 bits per heavy atom. The molecule has 0 N–H and O–H groups in total. The molecule has 3 heterocycles. The van der Waals surface area contributed by atoms with Gasteiger partial charge in [0.2, 0.25) is 0 Å². The first-order valence-corrected chi connectivity index (χ1v) is 13.4. The Hall–Kier alpha value is -4.27. The van der Waals surface area contributed by atoms with Gasteiger partial charge in [0, 0.05) is 23.8 Å². The third-order valence-electron chi connectivity index (χ3n) is 7.23. The van der Waals surface area contributed by atoms with Crippen molar-refractivity contribution in [3.63, 3.8) is 0 Å². The minimum absolute atomic E-state index is 0.0155. The fourth-order valence-corrected chi connectivity index (χ4v) is 5.11. The molecule has 0 bridgehead atoms. The van der Waals surface area contributed by atoms with Crippen molar-refractivity contribution in [2.45, 2.75) is 37.3 Å². The van der Waals surface area contributed by atoms with Crippen LogP contribution in [-0.2, 0) is 6.18 Å². The summed E-state index contributed by atoms with van der Waals surface area (Å²) in [5.41, 5.74) is -2.62. The quantitative estimate of drug-likeness (QED) is 0.111. The average molecular weight is 644 g/mol. The van der Waals surface area contributed by atoms with Crippen LogP contribution in [0.3, 0.4) is 0 Å². The van der Waals surface area contributed by atoms with E-state index in [0.717, 1.165) is 11.6 Å². The van der Waals surface area contributed by atoms with Crippen molar-refractivity contribution < 1.29 is 44.3 Å². The summed E-state index contributed by atoms with van der Waals surface area (Å²) in [6, 6.07) is 10.3. The van der Waals surface area contributed by atoms with Crippen LogP contribution in [0, 0.1) is 0 Å². The van der Waals surface area contributed by atoms with E-state index in [2.05, 4.69) is 21.7 Å². The number of aromatic nitrogens is 3. The van der Waals surface area contributed by atoms with Crippen LogP contribution >= 0.6 is 0 Å². The van der Waals surface area contributed by atoms with Gasteiger partial charge in [-0.2, -0.15) is 44.6 Å². The van der Waals surface area contributed by atoms with Gasteiger partial charge in [-0.3, -0.25) is 14.7 Å². The number of piperidine rings is 1. The maximum absolute atomic E-state index is 13.8. The van der Waals surface area contributed by atoms with Crippen LogP contribution in [0.1, 0.15) is 51.6 Å². The molecule has 1 saturated heterocycles. The zero-order valence-corrected chi connectivity index (χ0v) is 23.6. The number of allylic oxidation sites excluding steroid dienone is 3. The normalized spacial score (nSPS) is 16.2. The molecule has 0 spiro atoms. The Balaban J connectivity index is 1.70. The van der Waals surface area contributed by atoms with Crippen LogP contribution in [0.5, 0.6) is 0 Å². The van der Waals surface area contributed by atoms with E-state index in [1.165, 1.54) is 24.1 Å². The van der Waals surface area contributed by atoms with Gasteiger partial charge in [0.25, 0.3) is 0 Å². The second-order valence-electron chi connectivity index (χ2n) is 10.3. The zero-order valence-electron chi connectivity index (χ0n) is 23.6.